The minimum atomic E-state index is -1.09. The van der Waals surface area contributed by atoms with Gasteiger partial charge in [0.2, 0.25) is 0 Å². The largest absolute Gasteiger partial charge is 0.478 e. The third kappa shape index (κ3) is 3.90. The van der Waals surface area contributed by atoms with Crippen molar-refractivity contribution in [1.82, 2.24) is 10.2 Å². The third-order valence-corrected chi connectivity index (χ3v) is 4.65. The van der Waals surface area contributed by atoms with Crippen molar-refractivity contribution in [2.45, 2.75) is 0 Å². The van der Waals surface area contributed by atoms with Gasteiger partial charge in [-0.25, -0.2) is 4.79 Å². The Balaban J connectivity index is 1.56. The summed E-state index contributed by atoms with van der Waals surface area (Å²) in [6.07, 6.45) is 0. The van der Waals surface area contributed by atoms with Gasteiger partial charge in [-0.2, -0.15) is 5.10 Å². The van der Waals surface area contributed by atoms with Gasteiger partial charge in [-0.1, -0.05) is 29.8 Å². The molecule has 1 amide bonds. The number of carboxylic acid groups (broad SMARTS) is 1. The van der Waals surface area contributed by atoms with Crippen LogP contribution in [-0.4, -0.2) is 27.2 Å². The van der Waals surface area contributed by atoms with E-state index in [0.29, 0.717) is 10.8 Å². The second-order valence-electron chi connectivity index (χ2n) is 6.28. The number of fused-ring (bicyclic) bond motifs is 1. The number of benzene rings is 3. The van der Waals surface area contributed by atoms with Crippen LogP contribution < -0.4 is 10.6 Å². The van der Waals surface area contributed by atoms with Gasteiger partial charge in [0.05, 0.1) is 21.8 Å². The normalized spacial score (nSPS) is 10.7. The topological polar surface area (TPSA) is 107 Å². The number of anilines is 3. The molecule has 4 N–H and O–H groups in total. The molecule has 0 fully saturated rings. The molecule has 29 heavy (non-hydrogen) atoms. The minimum absolute atomic E-state index is 0.0415. The molecule has 0 atom stereocenters. The van der Waals surface area contributed by atoms with Crippen molar-refractivity contribution in [1.29, 1.82) is 0 Å². The van der Waals surface area contributed by atoms with Crippen LogP contribution in [0.2, 0.25) is 5.02 Å². The number of aromatic carboxylic acids is 1. The number of H-pyrrole nitrogens is 1. The number of nitrogens with zero attached hydrogens (tertiary/aromatic N) is 1. The fourth-order valence-electron chi connectivity index (χ4n) is 2.88. The van der Waals surface area contributed by atoms with Crippen LogP contribution in [-0.2, 0) is 0 Å². The molecule has 0 unspecified atom stereocenters. The van der Waals surface area contributed by atoms with Crippen LogP contribution in [0.4, 0.5) is 17.2 Å². The van der Waals surface area contributed by atoms with Crippen LogP contribution in [0.3, 0.4) is 0 Å². The first-order chi connectivity index (χ1) is 14.0. The molecule has 0 bridgehead atoms. The van der Waals surface area contributed by atoms with Crippen molar-refractivity contribution in [3.8, 4) is 0 Å². The van der Waals surface area contributed by atoms with Crippen molar-refractivity contribution in [2.75, 3.05) is 10.6 Å². The second-order valence-corrected chi connectivity index (χ2v) is 6.68. The van der Waals surface area contributed by atoms with Gasteiger partial charge in [0.15, 0.2) is 5.82 Å². The van der Waals surface area contributed by atoms with Gasteiger partial charge in [-0.05, 0) is 48.5 Å². The average molecular weight is 407 g/mol. The highest BCUT2D eigenvalue weighted by atomic mass is 35.5. The van der Waals surface area contributed by atoms with Crippen molar-refractivity contribution < 1.29 is 14.7 Å². The average Bonchev–Trinajstić information content (AvgIpc) is 3.12. The molecule has 1 heterocycles. The van der Waals surface area contributed by atoms with Crippen LogP contribution in [0.1, 0.15) is 20.7 Å². The van der Waals surface area contributed by atoms with Crippen LogP contribution in [0.25, 0.3) is 10.9 Å². The fraction of sp³-hybridized carbons (Fsp3) is 0. The summed E-state index contributed by atoms with van der Waals surface area (Å²) in [5.74, 6) is -1.18. The first kappa shape index (κ1) is 18.5. The smallest absolute Gasteiger partial charge is 0.335 e. The first-order valence-electron chi connectivity index (χ1n) is 8.65. The minimum Gasteiger partial charge on any atom is -0.478 e. The molecule has 0 spiro atoms. The maximum atomic E-state index is 12.5. The van der Waals surface area contributed by atoms with E-state index in [-0.39, 0.29) is 11.1 Å². The molecule has 4 aromatic rings. The molecule has 8 heteroatoms. The molecule has 0 aliphatic heterocycles. The Bertz CT molecular complexity index is 1240. The Morgan fingerprint density at radius 1 is 0.966 bits per heavy atom. The lowest BCUT2D eigenvalue weighted by Crippen LogP contribution is -2.13. The highest BCUT2D eigenvalue weighted by molar-refractivity contribution is 6.33. The Hall–Kier alpha value is -3.84. The van der Waals surface area contributed by atoms with E-state index in [4.69, 9.17) is 16.7 Å². The zero-order chi connectivity index (χ0) is 20.4. The summed E-state index contributed by atoms with van der Waals surface area (Å²) in [5, 5.41) is 23.4. The van der Waals surface area contributed by atoms with E-state index in [1.54, 1.807) is 12.1 Å². The molecule has 7 nitrogen and oxygen atoms in total. The Morgan fingerprint density at radius 3 is 2.55 bits per heavy atom. The maximum Gasteiger partial charge on any atom is 0.335 e. The predicted molar refractivity (Wildman–Crippen MR) is 112 cm³/mol. The standard InChI is InChI=1S/C21H15ClN4O3/c22-16-6-1-2-7-17(16)23-14-8-9-15-18(11-14)25-26-19(15)24-20(27)12-4-3-5-13(10-12)21(28)29/h1-11,23H,(H,28,29)(H2,24,25,26,27). The number of rotatable bonds is 5. The molecule has 0 aliphatic rings. The Labute approximate surface area is 170 Å². The van der Waals surface area contributed by atoms with E-state index < -0.39 is 11.9 Å². The molecule has 0 saturated heterocycles. The van der Waals surface area contributed by atoms with Crippen LogP contribution in [0.15, 0.2) is 66.7 Å². The van der Waals surface area contributed by atoms with E-state index in [0.717, 1.165) is 22.3 Å². The molecule has 0 aliphatic carbocycles. The number of aromatic nitrogens is 2. The lowest BCUT2D eigenvalue weighted by molar-refractivity contribution is 0.0697. The molecular weight excluding hydrogens is 392 g/mol. The van der Waals surface area contributed by atoms with Crippen molar-refractivity contribution in [3.63, 3.8) is 0 Å². The molecular formula is C21H15ClN4O3. The molecule has 1 aromatic heterocycles. The maximum absolute atomic E-state index is 12.5. The van der Waals surface area contributed by atoms with Gasteiger partial charge in [0.1, 0.15) is 0 Å². The van der Waals surface area contributed by atoms with Crippen molar-refractivity contribution >= 4 is 51.6 Å². The van der Waals surface area contributed by atoms with Gasteiger partial charge < -0.3 is 15.7 Å². The third-order valence-electron chi connectivity index (χ3n) is 4.32. The summed E-state index contributed by atoms with van der Waals surface area (Å²) in [4.78, 5) is 23.6. The molecule has 144 valence electrons. The van der Waals surface area contributed by atoms with Gasteiger partial charge in [0.25, 0.3) is 5.91 Å². The lowest BCUT2D eigenvalue weighted by Gasteiger charge is -2.08. The summed E-state index contributed by atoms with van der Waals surface area (Å²) in [6.45, 7) is 0. The quantitative estimate of drug-likeness (QED) is 0.376. The van der Waals surface area contributed by atoms with Crippen molar-refractivity contribution in [3.05, 3.63) is 82.9 Å². The number of carbonyl (C=O) groups excluding carboxylic acids is 1. The number of amides is 1. The number of hydrogen-bond acceptors (Lipinski definition) is 4. The van der Waals surface area contributed by atoms with Gasteiger partial charge in [0, 0.05) is 16.6 Å². The summed E-state index contributed by atoms with van der Waals surface area (Å²) in [7, 11) is 0. The van der Waals surface area contributed by atoms with Gasteiger partial charge in [-0.15, -0.1) is 0 Å². The number of aromatic amines is 1. The number of para-hydroxylation sites is 1. The molecule has 4 rings (SSSR count). The highest BCUT2D eigenvalue weighted by Gasteiger charge is 2.13. The second kappa shape index (κ2) is 7.65. The molecule has 0 radical (unpaired) electrons. The Kier molecular flexibility index (Phi) is 4.88. The number of halogens is 1. The molecule has 3 aromatic carbocycles. The van der Waals surface area contributed by atoms with Gasteiger partial charge >= 0.3 is 5.97 Å². The van der Waals surface area contributed by atoms with Crippen LogP contribution in [0, 0.1) is 0 Å². The molecule has 0 saturated carbocycles. The summed E-state index contributed by atoms with van der Waals surface area (Å²) in [5.41, 5.74) is 2.58. The zero-order valence-electron chi connectivity index (χ0n) is 14.9. The van der Waals surface area contributed by atoms with Gasteiger partial charge in [-0.3, -0.25) is 9.89 Å². The number of carboxylic acids is 1. The fourth-order valence-corrected chi connectivity index (χ4v) is 3.07. The summed E-state index contributed by atoms with van der Waals surface area (Å²) in [6, 6.07) is 18.7. The zero-order valence-corrected chi connectivity index (χ0v) is 15.7. The lowest BCUT2D eigenvalue weighted by atomic mass is 10.1. The first-order valence-corrected chi connectivity index (χ1v) is 9.03. The van der Waals surface area contributed by atoms with E-state index in [1.807, 2.05) is 36.4 Å². The van der Waals surface area contributed by atoms with E-state index in [9.17, 15) is 9.59 Å². The monoisotopic (exact) mass is 406 g/mol. The van der Waals surface area contributed by atoms with E-state index in [2.05, 4.69) is 20.8 Å². The highest BCUT2D eigenvalue weighted by Crippen LogP contribution is 2.28. The number of nitrogens with one attached hydrogen (secondary N) is 3. The summed E-state index contributed by atoms with van der Waals surface area (Å²) < 4.78 is 0. The number of hydrogen-bond donors (Lipinski definition) is 4. The number of carbonyl (C=O) groups is 2. The predicted octanol–water partition coefficient (Wildman–Crippen LogP) is 4.91. The Morgan fingerprint density at radius 2 is 1.76 bits per heavy atom. The van der Waals surface area contributed by atoms with Crippen LogP contribution >= 0.6 is 11.6 Å². The summed E-state index contributed by atoms with van der Waals surface area (Å²) >= 11 is 6.18. The van der Waals surface area contributed by atoms with E-state index >= 15 is 0 Å². The van der Waals surface area contributed by atoms with Crippen LogP contribution in [0.5, 0.6) is 0 Å². The van der Waals surface area contributed by atoms with E-state index in [1.165, 1.54) is 18.2 Å². The van der Waals surface area contributed by atoms with Crippen molar-refractivity contribution in [2.24, 2.45) is 0 Å². The SMILES string of the molecule is O=C(O)c1cccc(C(=O)Nc2n[nH]c3cc(Nc4ccccc4Cl)ccc23)c1.